The molecule has 0 radical (unpaired) electrons. The van der Waals surface area contributed by atoms with Crippen molar-refractivity contribution in [1.82, 2.24) is 19.9 Å². The predicted octanol–water partition coefficient (Wildman–Crippen LogP) is 7.37. The van der Waals surface area contributed by atoms with Gasteiger partial charge in [-0.2, -0.15) is 0 Å². The van der Waals surface area contributed by atoms with Crippen LogP contribution in [0.3, 0.4) is 0 Å². The molecule has 1 N–H and O–H groups in total. The number of nitrogens with zero attached hydrogens (tertiary/aromatic N) is 4. The van der Waals surface area contributed by atoms with E-state index in [1.807, 2.05) is 63.2 Å². The zero-order chi connectivity index (χ0) is 30.1. The summed E-state index contributed by atoms with van der Waals surface area (Å²) in [5.41, 5.74) is 1.71. The van der Waals surface area contributed by atoms with Crippen LogP contribution in [0, 0.1) is 0 Å². The third-order valence-electron chi connectivity index (χ3n) is 6.70. The lowest BCUT2D eigenvalue weighted by molar-refractivity contribution is -0.0225. The van der Waals surface area contributed by atoms with Crippen LogP contribution in [0.2, 0.25) is 5.02 Å². The summed E-state index contributed by atoms with van der Waals surface area (Å²) in [5, 5.41) is 5.44. The van der Waals surface area contributed by atoms with Crippen LogP contribution in [0.1, 0.15) is 20.8 Å². The number of amides is 1. The summed E-state index contributed by atoms with van der Waals surface area (Å²) in [5.74, 6) is 2.70. The number of aromatic nitrogens is 3. The van der Waals surface area contributed by atoms with Gasteiger partial charge in [-0.05, 0) is 57.2 Å². The van der Waals surface area contributed by atoms with Crippen molar-refractivity contribution in [3.63, 3.8) is 0 Å². The molecular formula is C32H30ClN5O5. The number of anilines is 2. The van der Waals surface area contributed by atoms with Crippen molar-refractivity contribution >= 4 is 51.0 Å². The van der Waals surface area contributed by atoms with Crippen LogP contribution in [0.25, 0.3) is 21.8 Å². The lowest BCUT2D eigenvalue weighted by atomic mass is 10.1. The van der Waals surface area contributed by atoms with Crippen molar-refractivity contribution in [3.8, 4) is 23.0 Å². The highest BCUT2D eigenvalue weighted by molar-refractivity contribution is 6.32. The summed E-state index contributed by atoms with van der Waals surface area (Å²) in [6.45, 7) is 6.34. The highest BCUT2D eigenvalue weighted by atomic mass is 35.5. The van der Waals surface area contributed by atoms with Gasteiger partial charge >= 0.3 is 6.09 Å². The molecule has 0 saturated carbocycles. The quantitative estimate of drug-likeness (QED) is 0.205. The molecule has 3 aromatic carbocycles. The standard InChI is InChI=1S/C32H30ClN5O5/c1-32(2,3)43-31(39)38-16-22(17-38)42-29-13-23-26(14-28(29)40-4)35-18-36-30(23)37-20-9-10-27(24(33)12-20)41-21-11-19-7-5-6-8-25(19)34-15-21/h5-15,18,22H,16-17H2,1-4H3,(H,35,36,37). The average Bonchev–Trinajstić information content (AvgIpc) is 2.95. The number of fused-ring (bicyclic) bond motifs is 2. The topological polar surface area (TPSA) is 108 Å². The van der Waals surface area contributed by atoms with Gasteiger partial charge in [0.05, 0.1) is 42.5 Å². The van der Waals surface area contributed by atoms with E-state index in [1.54, 1.807) is 36.4 Å². The zero-order valence-corrected chi connectivity index (χ0v) is 24.9. The molecule has 0 bridgehead atoms. The van der Waals surface area contributed by atoms with Crippen LogP contribution in [-0.4, -0.2) is 57.8 Å². The molecule has 1 amide bonds. The molecule has 0 atom stereocenters. The van der Waals surface area contributed by atoms with Crippen LogP contribution >= 0.6 is 11.6 Å². The van der Waals surface area contributed by atoms with Gasteiger partial charge in [0.2, 0.25) is 0 Å². The van der Waals surface area contributed by atoms with E-state index in [4.69, 9.17) is 30.5 Å². The zero-order valence-electron chi connectivity index (χ0n) is 24.1. The number of pyridine rings is 1. The number of rotatable bonds is 7. The molecule has 43 heavy (non-hydrogen) atoms. The highest BCUT2D eigenvalue weighted by Gasteiger charge is 2.35. The number of halogens is 1. The fraction of sp³-hybridized carbons (Fsp3) is 0.250. The first kappa shape index (κ1) is 28.3. The third kappa shape index (κ3) is 6.34. The van der Waals surface area contributed by atoms with E-state index in [2.05, 4.69) is 20.3 Å². The Labute approximate surface area is 253 Å². The van der Waals surface area contributed by atoms with Gasteiger partial charge in [-0.15, -0.1) is 0 Å². The van der Waals surface area contributed by atoms with E-state index in [-0.39, 0.29) is 12.2 Å². The van der Waals surface area contributed by atoms with Crippen LogP contribution < -0.4 is 19.5 Å². The van der Waals surface area contributed by atoms with Gasteiger partial charge in [-0.3, -0.25) is 4.98 Å². The molecule has 1 aliphatic heterocycles. The number of likely N-dealkylation sites (tertiary alicyclic amines) is 1. The molecule has 220 valence electrons. The normalized spacial score (nSPS) is 13.5. The minimum atomic E-state index is -0.555. The SMILES string of the molecule is COc1cc2ncnc(Nc3ccc(Oc4cnc5ccccc5c4)c(Cl)c3)c2cc1OC1CN(C(=O)OC(C)(C)C)C1. The molecule has 10 nitrogen and oxygen atoms in total. The summed E-state index contributed by atoms with van der Waals surface area (Å²) in [6, 6.07) is 18.8. The average molecular weight is 600 g/mol. The minimum Gasteiger partial charge on any atom is -0.493 e. The molecule has 3 heterocycles. The smallest absolute Gasteiger partial charge is 0.410 e. The lowest BCUT2D eigenvalue weighted by Crippen LogP contribution is -2.57. The van der Waals surface area contributed by atoms with E-state index < -0.39 is 5.60 Å². The van der Waals surface area contributed by atoms with Crippen molar-refractivity contribution in [2.24, 2.45) is 0 Å². The molecule has 1 fully saturated rings. The molecule has 5 aromatic rings. The van der Waals surface area contributed by atoms with Gasteiger partial charge < -0.3 is 29.2 Å². The van der Waals surface area contributed by atoms with E-state index in [1.165, 1.54) is 6.33 Å². The van der Waals surface area contributed by atoms with Crippen LogP contribution in [0.4, 0.5) is 16.3 Å². The first-order valence-electron chi connectivity index (χ1n) is 13.7. The molecule has 2 aromatic heterocycles. The molecule has 1 aliphatic rings. The largest absolute Gasteiger partial charge is 0.493 e. The Kier molecular flexibility index (Phi) is 7.53. The Morgan fingerprint density at radius 3 is 2.53 bits per heavy atom. The second kappa shape index (κ2) is 11.4. The van der Waals surface area contributed by atoms with Gasteiger partial charge in [0.15, 0.2) is 11.5 Å². The molecule has 0 aliphatic carbocycles. The van der Waals surface area contributed by atoms with Crippen molar-refractivity contribution in [2.45, 2.75) is 32.5 Å². The first-order chi connectivity index (χ1) is 20.6. The molecule has 0 unspecified atom stereocenters. The summed E-state index contributed by atoms with van der Waals surface area (Å²) in [6.07, 6.45) is 2.58. The molecule has 11 heteroatoms. The second-order valence-corrected chi connectivity index (χ2v) is 11.5. The maximum atomic E-state index is 12.3. The molecule has 1 saturated heterocycles. The number of carbonyl (C=O) groups is 1. The number of carbonyl (C=O) groups excluding carboxylic acids is 1. The first-order valence-corrected chi connectivity index (χ1v) is 14.1. The molecule has 6 rings (SSSR count). The van der Waals surface area contributed by atoms with Gasteiger partial charge in [-0.25, -0.2) is 14.8 Å². The summed E-state index contributed by atoms with van der Waals surface area (Å²) in [4.78, 5) is 27.2. The van der Waals surface area contributed by atoms with Gasteiger partial charge in [0, 0.05) is 22.5 Å². The summed E-state index contributed by atoms with van der Waals surface area (Å²) < 4.78 is 23.2. The van der Waals surface area contributed by atoms with Crippen LogP contribution in [0.5, 0.6) is 23.0 Å². The van der Waals surface area contributed by atoms with E-state index in [9.17, 15) is 4.79 Å². The van der Waals surface area contributed by atoms with E-state index in [0.717, 1.165) is 16.3 Å². The monoisotopic (exact) mass is 599 g/mol. The number of para-hydroxylation sites is 1. The fourth-order valence-corrected chi connectivity index (χ4v) is 4.83. The molecule has 0 spiro atoms. The Balaban J connectivity index is 1.18. The lowest BCUT2D eigenvalue weighted by Gasteiger charge is -2.39. The molecular weight excluding hydrogens is 570 g/mol. The number of ether oxygens (including phenoxy) is 4. The third-order valence-corrected chi connectivity index (χ3v) is 7.00. The van der Waals surface area contributed by atoms with Crippen LogP contribution in [0.15, 0.2) is 73.2 Å². The number of nitrogens with one attached hydrogen (secondary N) is 1. The summed E-state index contributed by atoms with van der Waals surface area (Å²) in [7, 11) is 1.57. The van der Waals surface area contributed by atoms with Gasteiger partial charge in [-0.1, -0.05) is 29.8 Å². The summed E-state index contributed by atoms with van der Waals surface area (Å²) >= 11 is 6.60. The number of hydrogen-bond acceptors (Lipinski definition) is 9. The van der Waals surface area contributed by atoms with E-state index >= 15 is 0 Å². The number of benzene rings is 3. The predicted molar refractivity (Wildman–Crippen MR) is 165 cm³/mol. The van der Waals surface area contributed by atoms with Crippen LogP contribution in [-0.2, 0) is 4.74 Å². The fourth-order valence-electron chi connectivity index (χ4n) is 4.61. The maximum Gasteiger partial charge on any atom is 0.410 e. The van der Waals surface area contributed by atoms with Gasteiger partial charge in [0.25, 0.3) is 0 Å². The number of hydrogen-bond donors (Lipinski definition) is 1. The minimum absolute atomic E-state index is 0.205. The van der Waals surface area contributed by atoms with Gasteiger partial charge in [0.1, 0.15) is 35.3 Å². The Morgan fingerprint density at radius 1 is 0.953 bits per heavy atom. The maximum absolute atomic E-state index is 12.3. The Hall–Kier alpha value is -4.83. The van der Waals surface area contributed by atoms with Crippen molar-refractivity contribution in [1.29, 1.82) is 0 Å². The van der Waals surface area contributed by atoms with E-state index in [0.29, 0.717) is 58.1 Å². The Morgan fingerprint density at radius 2 is 1.77 bits per heavy atom. The van der Waals surface area contributed by atoms with Crippen molar-refractivity contribution in [3.05, 3.63) is 78.2 Å². The number of methoxy groups -OCH3 is 1. The second-order valence-electron chi connectivity index (χ2n) is 11.1. The van der Waals surface area contributed by atoms with Crippen molar-refractivity contribution < 1.29 is 23.7 Å². The Bertz CT molecular complexity index is 1820. The van der Waals surface area contributed by atoms with Crippen molar-refractivity contribution in [2.75, 3.05) is 25.5 Å². The highest BCUT2D eigenvalue weighted by Crippen LogP contribution is 2.38.